The fraction of sp³-hybridized carbons (Fsp3) is 0.333. The molecule has 1 aromatic rings. The number of amides is 2. The Morgan fingerprint density at radius 3 is 2.63 bits per heavy atom. The van der Waals surface area contributed by atoms with Gasteiger partial charge in [0.15, 0.2) is 0 Å². The molecule has 2 N–H and O–H groups in total. The van der Waals surface area contributed by atoms with E-state index in [1.807, 2.05) is 30.3 Å². The Morgan fingerprint density at radius 2 is 2.00 bits per heavy atom. The molecule has 0 aliphatic carbocycles. The highest BCUT2D eigenvalue weighted by Gasteiger charge is 2.54. The maximum Gasteiger partial charge on any atom is 0.352 e. The molecule has 2 atom stereocenters. The third kappa shape index (κ3) is 3.97. The first-order valence-corrected chi connectivity index (χ1v) is 9.30. The van der Waals surface area contributed by atoms with Crippen LogP contribution in [0.1, 0.15) is 12.5 Å². The molecule has 0 bridgehead atoms. The second-order valence-corrected chi connectivity index (χ2v) is 7.26. The Hall–Kier alpha value is -2.81. The van der Waals surface area contributed by atoms with Crippen LogP contribution < -0.4 is 5.32 Å². The van der Waals surface area contributed by atoms with E-state index in [0.29, 0.717) is 11.3 Å². The Balaban J connectivity index is 1.68. The molecule has 0 radical (unpaired) electrons. The fourth-order valence-electron chi connectivity index (χ4n) is 2.99. The number of fused-ring (bicyclic) bond motifs is 1. The van der Waals surface area contributed by atoms with Crippen molar-refractivity contribution in [1.29, 1.82) is 0 Å². The van der Waals surface area contributed by atoms with Crippen LogP contribution in [0.25, 0.3) is 0 Å². The average molecular weight is 390 g/mol. The van der Waals surface area contributed by atoms with Crippen molar-refractivity contribution in [3.63, 3.8) is 0 Å². The molecule has 2 aliphatic heterocycles. The van der Waals surface area contributed by atoms with Gasteiger partial charge in [0.1, 0.15) is 23.7 Å². The van der Waals surface area contributed by atoms with Crippen LogP contribution in [0.5, 0.6) is 0 Å². The van der Waals surface area contributed by atoms with Crippen molar-refractivity contribution in [2.45, 2.75) is 24.8 Å². The Morgan fingerprint density at radius 1 is 1.30 bits per heavy atom. The topological polar surface area (TPSA) is 113 Å². The van der Waals surface area contributed by atoms with Crippen LogP contribution in [0.15, 0.2) is 41.6 Å². The third-order valence-corrected chi connectivity index (χ3v) is 5.56. The summed E-state index contributed by atoms with van der Waals surface area (Å²) >= 11 is 1.33. The molecule has 1 fully saturated rings. The zero-order chi connectivity index (χ0) is 19.6. The lowest BCUT2D eigenvalue weighted by molar-refractivity contribution is -0.151. The number of nitrogens with zero attached hydrogens (tertiary/aromatic N) is 1. The molecule has 2 amide bonds. The lowest BCUT2D eigenvalue weighted by Crippen LogP contribution is -2.70. The van der Waals surface area contributed by atoms with Crippen molar-refractivity contribution in [2.24, 2.45) is 0 Å². The normalized spacial score (nSPS) is 21.2. The van der Waals surface area contributed by atoms with Gasteiger partial charge in [-0.25, -0.2) is 4.79 Å². The van der Waals surface area contributed by atoms with Crippen molar-refractivity contribution in [2.75, 3.05) is 12.4 Å². The highest BCUT2D eigenvalue weighted by molar-refractivity contribution is 8.00. The van der Waals surface area contributed by atoms with E-state index < -0.39 is 29.3 Å². The summed E-state index contributed by atoms with van der Waals surface area (Å²) in [6.45, 7) is 1.05. The predicted molar refractivity (Wildman–Crippen MR) is 96.5 cm³/mol. The summed E-state index contributed by atoms with van der Waals surface area (Å²) in [7, 11) is 0. The number of β-lactam (4-membered cyclic amide) rings is 1. The number of nitrogens with one attached hydrogen (secondary N) is 1. The molecule has 27 heavy (non-hydrogen) atoms. The highest BCUT2D eigenvalue weighted by Crippen LogP contribution is 2.40. The summed E-state index contributed by atoms with van der Waals surface area (Å²) in [5, 5.41) is 11.7. The maximum absolute atomic E-state index is 12.5. The molecule has 1 aromatic carbocycles. The summed E-state index contributed by atoms with van der Waals surface area (Å²) in [6, 6.07) is 8.36. The lowest BCUT2D eigenvalue weighted by atomic mass is 10.0. The van der Waals surface area contributed by atoms with E-state index in [2.05, 4.69) is 5.32 Å². The number of rotatable bonds is 6. The van der Waals surface area contributed by atoms with Crippen LogP contribution >= 0.6 is 11.8 Å². The number of carbonyl (C=O) groups excluding carboxylic acids is 3. The largest absolute Gasteiger partial charge is 0.477 e. The van der Waals surface area contributed by atoms with Crippen molar-refractivity contribution >= 4 is 35.5 Å². The number of carboxylic acids is 1. The maximum atomic E-state index is 12.5. The van der Waals surface area contributed by atoms with Gasteiger partial charge in [0.2, 0.25) is 5.91 Å². The monoisotopic (exact) mass is 390 g/mol. The minimum Gasteiger partial charge on any atom is -0.477 e. The van der Waals surface area contributed by atoms with Crippen LogP contribution in [0, 0.1) is 0 Å². The van der Waals surface area contributed by atoms with Crippen molar-refractivity contribution in [1.82, 2.24) is 10.2 Å². The zero-order valence-electron chi connectivity index (χ0n) is 14.5. The number of esters is 1. The van der Waals surface area contributed by atoms with Gasteiger partial charge < -0.3 is 15.2 Å². The number of thioether (sulfide) groups is 1. The van der Waals surface area contributed by atoms with Gasteiger partial charge in [-0.15, -0.1) is 11.8 Å². The predicted octanol–water partition coefficient (Wildman–Crippen LogP) is 0.531. The second kappa shape index (κ2) is 7.83. The molecular formula is C18H18N2O6S. The molecule has 2 heterocycles. The standard InChI is InChI=1S/C18H18N2O6S/c1-10(21)26-8-12-9-27-17-14(16(23)20(17)15(12)18(24)25)19-13(22)7-11-5-3-2-4-6-11/h2-6,14,17H,7-9H2,1H3,(H,19,22)(H,24,25)/t14-,17?/m1/s1. The zero-order valence-corrected chi connectivity index (χ0v) is 15.3. The van der Waals surface area contributed by atoms with Gasteiger partial charge in [-0.3, -0.25) is 19.3 Å². The number of carbonyl (C=O) groups is 4. The van der Waals surface area contributed by atoms with Gasteiger partial charge in [-0.2, -0.15) is 0 Å². The Kier molecular flexibility index (Phi) is 5.50. The highest BCUT2D eigenvalue weighted by atomic mass is 32.2. The van der Waals surface area contributed by atoms with Gasteiger partial charge in [0.05, 0.1) is 6.42 Å². The van der Waals surface area contributed by atoms with Crippen molar-refractivity contribution in [3.05, 3.63) is 47.2 Å². The Bertz CT molecular complexity index is 822. The van der Waals surface area contributed by atoms with E-state index in [0.717, 1.165) is 10.5 Å². The van der Waals surface area contributed by atoms with Gasteiger partial charge in [-0.1, -0.05) is 30.3 Å². The quantitative estimate of drug-likeness (QED) is 0.538. The molecule has 1 unspecified atom stereocenters. The number of hydrogen-bond acceptors (Lipinski definition) is 6. The van der Waals surface area contributed by atoms with Gasteiger partial charge in [0.25, 0.3) is 5.91 Å². The van der Waals surface area contributed by atoms with E-state index in [1.54, 1.807) is 0 Å². The van der Waals surface area contributed by atoms with E-state index in [-0.39, 0.29) is 24.6 Å². The molecule has 9 heteroatoms. The third-order valence-electron chi connectivity index (χ3n) is 4.22. The van der Waals surface area contributed by atoms with Crippen LogP contribution in [0.2, 0.25) is 0 Å². The Labute approximate surface area is 159 Å². The van der Waals surface area contributed by atoms with Crippen LogP contribution in [-0.4, -0.2) is 57.5 Å². The second-order valence-electron chi connectivity index (χ2n) is 6.15. The van der Waals surface area contributed by atoms with E-state index >= 15 is 0 Å². The number of carboxylic acid groups (broad SMARTS) is 1. The molecule has 0 aromatic heterocycles. The van der Waals surface area contributed by atoms with Gasteiger partial charge >= 0.3 is 11.9 Å². The van der Waals surface area contributed by atoms with Crippen molar-refractivity contribution < 1.29 is 29.0 Å². The first-order valence-electron chi connectivity index (χ1n) is 8.25. The van der Waals surface area contributed by atoms with E-state index in [9.17, 15) is 24.3 Å². The van der Waals surface area contributed by atoms with Gasteiger partial charge in [0, 0.05) is 18.2 Å². The number of hydrogen-bond donors (Lipinski definition) is 2. The molecule has 0 saturated carbocycles. The van der Waals surface area contributed by atoms with Crippen LogP contribution in [-0.2, 0) is 30.3 Å². The molecule has 2 aliphatic rings. The minimum atomic E-state index is -1.26. The van der Waals surface area contributed by atoms with Crippen LogP contribution in [0.3, 0.4) is 0 Å². The summed E-state index contributed by atoms with van der Waals surface area (Å²) in [5.41, 5.74) is 1.02. The minimum absolute atomic E-state index is 0.140. The smallest absolute Gasteiger partial charge is 0.352 e. The number of aliphatic carboxylic acids is 1. The van der Waals surface area contributed by atoms with E-state index in [1.165, 1.54) is 18.7 Å². The molecular weight excluding hydrogens is 372 g/mol. The molecule has 3 rings (SSSR count). The molecule has 1 saturated heterocycles. The number of benzene rings is 1. The fourth-order valence-corrected chi connectivity index (χ4v) is 4.32. The number of ether oxygens (including phenoxy) is 1. The molecule has 8 nitrogen and oxygen atoms in total. The summed E-state index contributed by atoms with van der Waals surface area (Å²) in [5.74, 6) is -2.27. The molecule has 142 valence electrons. The summed E-state index contributed by atoms with van der Waals surface area (Å²) in [6.07, 6.45) is 0.140. The lowest BCUT2D eigenvalue weighted by Gasteiger charge is -2.49. The van der Waals surface area contributed by atoms with E-state index in [4.69, 9.17) is 4.74 Å². The SMILES string of the molecule is CC(=O)OCC1=C(C(=O)O)N2C(=O)[C@@H](NC(=O)Cc3ccccc3)C2SC1. The summed E-state index contributed by atoms with van der Waals surface area (Å²) in [4.78, 5) is 48.5. The average Bonchev–Trinajstić information content (AvgIpc) is 2.64. The molecule has 0 spiro atoms. The first kappa shape index (κ1) is 19.0. The first-order chi connectivity index (χ1) is 12.9. The summed E-state index contributed by atoms with van der Waals surface area (Å²) < 4.78 is 4.88. The van der Waals surface area contributed by atoms with Crippen molar-refractivity contribution in [3.8, 4) is 0 Å². The van der Waals surface area contributed by atoms with Crippen LogP contribution in [0.4, 0.5) is 0 Å². The van der Waals surface area contributed by atoms with Gasteiger partial charge in [-0.05, 0) is 5.56 Å².